The van der Waals surface area contributed by atoms with Crippen molar-refractivity contribution in [3.05, 3.63) is 29.8 Å². The largest absolute Gasteiger partial charge is 0.378 e. The number of rotatable bonds is 5. The second-order valence-corrected chi connectivity index (χ2v) is 4.42. The molecule has 0 fully saturated rings. The topological polar surface area (TPSA) is 32.3 Å². The Bertz CT molecular complexity index is 429. The maximum Gasteiger partial charge on any atom is 0.252 e. The lowest BCUT2D eigenvalue weighted by Crippen LogP contribution is -2.33. The highest BCUT2D eigenvalue weighted by Crippen LogP contribution is 2.12. The molecule has 0 aliphatic heterocycles. The standard InChI is InChI=1S/C15H20N2O/c1-5-7-13(6-2)16-15(18)12-8-10-14(11-9-12)17(3)4/h2,8-11,13H,5,7H2,1,3-4H3,(H,16,18). The number of terminal acetylenes is 1. The van der Waals surface area contributed by atoms with E-state index in [2.05, 4.69) is 11.2 Å². The molecule has 0 bridgehead atoms. The highest BCUT2D eigenvalue weighted by Gasteiger charge is 2.10. The van der Waals surface area contributed by atoms with Crippen LogP contribution in [-0.2, 0) is 0 Å². The van der Waals surface area contributed by atoms with Gasteiger partial charge in [-0.05, 0) is 30.7 Å². The Morgan fingerprint density at radius 3 is 2.44 bits per heavy atom. The zero-order chi connectivity index (χ0) is 13.5. The quantitative estimate of drug-likeness (QED) is 0.806. The van der Waals surface area contributed by atoms with E-state index < -0.39 is 0 Å². The summed E-state index contributed by atoms with van der Waals surface area (Å²) in [5.41, 5.74) is 1.70. The molecule has 3 heteroatoms. The van der Waals surface area contributed by atoms with Gasteiger partial charge in [0.2, 0.25) is 0 Å². The average molecular weight is 244 g/mol. The van der Waals surface area contributed by atoms with Gasteiger partial charge >= 0.3 is 0 Å². The smallest absolute Gasteiger partial charge is 0.252 e. The maximum atomic E-state index is 11.9. The molecule has 96 valence electrons. The SMILES string of the molecule is C#CC(CCC)NC(=O)c1ccc(N(C)C)cc1. The van der Waals surface area contributed by atoms with Crippen molar-refractivity contribution < 1.29 is 4.79 Å². The first-order chi connectivity index (χ1) is 8.58. The van der Waals surface area contributed by atoms with E-state index in [1.807, 2.05) is 50.2 Å². The summed E-state index contributed by atoms with van der Waals surface area (Å²) in [7, 11) is 3.93. The van der Waals surface area contributed by atoms with Crippen LogP contribution in [-0.4, -0.2) is 26.0 Å². The molecular formula is C15H20N2O. The third kappa shape index (κ3) is 3.81. The van der Waals surface area contributed by atoms with Crippen LogP contribution in [0.2, 0.25) is 0 Å². The molecule has 3 nitrogen and oxygen atoms in total. The van der Waals surface area contributed by atoms with E-state index in [0.717, 1.165) is 18.5 Å². The minimum absolute atomic E-state index is 0.114. The van der Waals surface area contributed by atoms with Gasteiger partial charge in [0.05, 0.1) is 6.04 Å². The summed E-state index contributed by atoms with van der Waals surface area (Å²) in [6.45, 7) is 2.04. The first-order valence-corrected chi connectivity index (χ1v) is 6.12. The van der Waals surface area contributed by atoms with Crippen LogP contribution in [0.1, 0.15) is 30.1 Å². The Morgan fingerprint density at radius 2 is 2.00 bits per heavy atom. The molecule has 1 rings (SSSR count). The molecule has 0 aliphatic rings. The van der Waals surface area contributed by atoms with Crippen LogP contribution in [0.5, 0.6) is 0 Å². The molecule has 1 aromatic rings. The van der Waals surface area contributed by atoms with E-state index in [1.54, 1.807) is 0 Å². The van der Waals surface area contributed by atoms with E-state index >= 15 is 0 Å². The first-order valence-electron chi connectivity index (χ1n) is 6.12. The van der Waals surface area contributed by atoms with Crippen LogP contribution in [0.3, 0.4) is 0 Å². The molecule has 1 unspecified atom stereocenters. The number of nitrogens with one attached hydrogen (secondary N) is 1. The van der Waals surface area contributed by atoms with Crippen molar-refractivity contribution >= 4 is 11.6 Å². The summed E-state index contributed by atoms with van der Waals surface area (Å²) >= 11 is 0. The fourth-order valence-electron chi connectivity index (χ4n) is 1.64. The summed E-state index contributed by atoms with van der Waals surface area (Å²) in [5.74, 6) is 2.48. The van der Waals surface area contributed by atoms with Crippen molar-refractivity contribution in [1.82, 2.24) is 5.32 Å². The Morgan fingerprint density at radius 1 is 1.39 bits per heavy atom. The minimum atomic E-state index is -0.184. The molecule has 0 saturated heterocycles. The Balaban J connectivity index is 2.70. The molecule has 0 radical (unpaired) electrons. The summed E-state index contributed by atoms with van der Waals surface area (Å²) in [5, 5.41) is 2.84. The summed E-state index contributed by atoms with van der Waals surface area (Å²) in [4.78, 5) is 13.9. The lowest BCUT2D eigenvalue weighted by Gasteiger charge is -2.14. The zero-order valence-corrected chi connectivity index (χ0v) is 11.2. The molecule has 0 aromatic heterocycles. The maximum absolute atomic E-state index is 11.9. The van der Waals surface area contributed by atoms with Crippen molar-refractivity contribution in [3.8, 4) is 12.3 Å². The van der Waals surface area contributed by atoms with Gasteiger partial charge in [0.1, 0.15) is 0 Å². The zero-order valence-electron chi connectivity index (χ0n) is 11.2. The van der Waals surface area contributed by atoms with Crippen LogP contribution in [0.4, 0.5) is 5.69 Å². The molecule has 1 N–H and O–H groups in total. The van der Waals surface area contributed by atoms with Crippen LogP contribution < -0.4 is 10.2 Å². The first kappa shape index (κ1) is 14.1. The number of amides is 1. The van der Waals surface area contributed by atoms with Gasteiger partial charge in [-0.1, -0.05) is 19.3 Å². The molecule has 18 heavy (non-hydrogen) atoms. The van der Waals surface area contributed by atoms with Crippen molar-refractivity contribution in [2.75, 3.05) is 19.0 Å². The highest BCUT2D eigenvalue weighted by atomic mass is 16.1. The highest BCUT2D eigenvalue weighted by molar-refractivity contribution is 5.94. The molecule has 1 amide bonds. The van der Waals surface area contributed by atoms with Crippen molar-refractivity contribution in [2.24, 2.45) is 0 Å². The lowest BCUT2D eigenvalue weighted by atomic mass is 10.1. The monoisotopic (exact) mass is 244 g/mol. The Hall–Kier alpha value is -1.95. The molecule has 0 aliphatic carbocycles. The van der Waals surface area contributed by atoms with Crippen molar-refractivity contribution in [1.29, 1.82) is 0 Å². The molecule has 1 aromatic carbocycles. The third-order valence-electron chi connectivity index (χ3n) is 2.73. The number of nitrogens with zero attached hydrogens (tertiary/aromatic N) is 1. The second kappa shape index (κ2) is 6.70. The Kier molecular flexibility index (Phi) is 5.26. The fourth-order valence-corrected chi connectivity index (χ4v) is 1.64. The number of benzene rings is 1. The van der Waals surface area contributed by atoms with Crippen molar-refractivity contribution in [2.45, 2.75) is 25.8 Å². The van der Waals surface area contributed by atoms with Gasteiger partial charge in [-0.3, -0.25) is 4.79 Å². The minimum Gasteiger partial charge on any atom is -0.378 e. The number of hydrogen-bond donors (Lipinski definition) is 1. The second-order valence-electron chi connectivity index (χ2n) is 4.42. The molecular weight excluding hydrogens is 224 g/mol. The molecule has 0 spiro atoms. The van der Waals surface area contributed by atoms with Gasteiger partial charge in [-0.2, -0.15) is 0 Å². The summed E-state index contributed by atoms with van der Waals surface area (Å²) in [6.07, 6.45) is 7.13. The third-order valence-corrected chi connectivity index (χ3v) is 2.73. The summed E-state index contributed by atoms with van der Waals surface area (Å²) < 4.78 is 0. The Labute approximate surface area is 109 Å². The van der Waals surface area contributed by atoms with Gasteiger partial charge in [-0.15, -0.1) is 6.42 Å². The van der Waals surface area contributed by atoms with E-state index in [-0.39, 0.29) is 11.9 Å². The number of carbonyl (C=O) groups is 1. The number of anilines is 1. The lowest BCUT2D eigenvalue weighted by molar-refractivity contribution is 0.0944. The van der Waals surface area contributed by atoms with Crippen LogP contribution in [0.25, 0.3) is 0 Å². The average Bonchev–Trinajstić information content (AvgIpc) is 2.38. The van der Waals surface area contributed by atoms with Crippen LogP contribution >= 0.6 is 0 Å². The van der Waals surface area contributed by atoms with E-state index in [0.29, 0.717) is 5.56 Å². The van der Waals surface area contributed by atoms with Crippen LogP contribution in [0, 0.1) is 12.3 Å². The number of hydrogen-bond acceptors (Lipinski definition) is 2. The van der Waals surface area contributed by atoms with Crippen LogP contribution in [0.15, 0.2) is 24.3 Å². The van der Waals surface area contributed by atoms with Gasteiger partial charge < -0.3 is 10.2 Å². The molecule has 0 heterocycles. The van der Waals surface area contributed by atoms with Gasteiger partial charge in [0, 0.05) is 25.3 Å². The van der Waals surface area contributed by atoms with Crippen molar-refractivity contribution in [3.63, 3.8) is 0 Å². The van der Waals surface area contributed by atoms with Gasteiger partial charge in [0.25, 0.3) is 5.91 Å². The van der Waals surface area contributed by atoms with Gasteiger partial charge in [0.15, 0.2) is 0 Å². The molecule has 0 saturated carbocycles. The normalized spacial score (nSPS) is 11.4. The van der Waals surface area contributed by atoms with Gasteiger partial charge in [-0.25, -0.2) is 0 Å². The molecule has 1 atom stereocenters. The predicted molar refractivity (Wildman–Crippen MR) is 75.8 cm³/mol. The summed E-state index contributed by atoms with van der Waals surface area (Å²) in [6, 6.07) is 7.27. The van der Waals surface area contributed by atoms with E-state index in [4.69, 9.17) is 6.42 Å². The van der Waals surface area contributed by atoms with E-state index in [1.165, 1.54) is 0 Å². The fraction of sp³-hybridized carbons (Fsp3) is 0.400. The number of carbonyl (C=O) groups excluding carboxylic acids is 1. The predicted octanol–water partition coefficient (Wildman–Crippen LogP) is 2.28. The van der Waals surface area contributed by atoms with E-state index in [9.17, 15) is 4.79 Å².